The Morgan fingerprint density at radius 3 is 2.17 bits per heavy atom. The van der Waals surface area contributed by atoms with Gasteiger partial charge in [-0.1, -0.05) is 0 Å². The summed E-state index contributed by atoms with van der Waals surface area (Å²) in [7, 11) is 0. The quantitative estimate of drug-likeness (QED) is 0.531. The van der Waals surface area contributed by atoms with Crippen molar-refractivity contribution in [2.24, 2.45) is 17.8 Å². The van der Waals surface area contributed by atoms with Gasteiger partial charge in [-0.2, -0.15) is 0 Å². The van der Waals surface area contributed by atoms with E-state index < -0.39 is 23.8 Å². The van der Waals surface area contributed by atoms with Gasteiger partial charge in [0.15, 0.2) is 0 Å². The van der Waals surface area contributed by atoms with Crippen molar-refractivity contribution in [3.05, 3.63) is 0 Å². The molecule has 1 aliphatic carbocycles. The van der Waals surface area contributed by atoms with Crippen LogP contribution >= 0.6 is 0 Å². The molecule has 0 saturated heterocycles. The van der Waals surface area contributed by atoms with Crippen LogP contribution in [0.3, 0.4) is 0 Å². The van der Waals surface area contributed by atoms with E-state index in [9.17, 15) is 9.59 Å². The number of carboxylic acids is 2. The first kappa shape index (κ1) is 8.99. The van der Waals surface area contributed by atoms with Crippen molar-refractivity contribution in [2.45, 2.75) is 6.42 Å². The SMILES string of the molecule is O=C(O)[C@@H]1[C@@H](CO)C[C@@H]1C(=O)O. The van der Waals surface area contributed by atoms with Crippen molar-refractivity contribution in [3.63, 3.8) is 0 Å². The summed E-state index contributed by atoms with van der Waals surface area (Å²) in [6, 6.07) is 0. The molecule has 5 nitrogen and oxygen atoms in total. The lowest BCUT2D eigenvalue weighted by Crippen LogP contribution is -2.47. The fourth-order valence-corrected chi connectivity index (χ4v) is 1.57. The third-order valence-electron chi connectivity index (χ3n) is 2.33. The van der Waals surface area contributed by atoms with E-state index in [0.717, 1.165) is 0 Å². The number of carbonyl (C=O) groups is 2. The number of aliphatic hydroxyl groups is 1. The van der Waals surface area contributed by atoms with Gasteiger partial charge in [0.25, 0.3) is 0 Å². The normalized spacial score (nSPS) is 33.9. The molecule has 3 atom stereocenters. The Labute approximate surface area is 68.6 Å². The van der Waals surface area contributed by atoms with E-state index in [1.807, 2.05) is 0 Å². The standard InChI is InChI=1S/C7H10O5/c8-2-3-1-4(6(9)10)5(3)7(11)12/h3-5,8H,1-2H2,(H,9,10)(H,11,12)/t3-,4+,5-/m1/s1. The molecule has 5 heteroatoms. The molecule has 0 unspecified atom stereocenters. The van der Waals surface area contributed by atoms with Crippen LogP contribution in [0.2, 0.25) is 0 Å². The van der Waals surface area contributed by atoms with Crippen molar-refractivity contribution in [2.75, 3.05) is 6.61 Å². The van der Waals surface area contributed by atoms with Crippen LogP contribution in [0.5, 0.6) is 0 Å². The average molecular weight is 174 g/mol. The van der Waals surface area contributed by atoms with E-state index >= 15 is 0 Å². The molecule has 0 aliphatic heterocycles. The maximum atomic E-state index is 10.5. The van der Waals surface area contributed by atoms with Gasteiger partial charge >= 0.3 is 11.9 Å². The monoisotopic (exact) mass is 174 g/mol. The van der Waals surface area contributed by atoms with E-state index in [4.69, 9.17) is 15.3 Å². The van der Waals surface area contributed by atoms with Crippen LogP contribution in [0.15, 0.2) is 0 Å². The van der Waals surface area contributed by atoms with Gasteiger partial charge in [0.2, 0.25) is 0 Å². The van der Waals surface area contributed by atoms with Crippen LogP contribution < -0.4 is 0 Å². The largest absolute Gasteiger partial charge is 0.481 e. The van der Waals surface area contributed by atoms with Gasteiger partial charge < -0.3 is 15.3 Å². The molecule has 0 aromatic rings. The molecule has 68 valence electrons. The summed E-state index contributed by atoms with van der Waals surface area (Å²) in [6.07, 6.45) is 0.267. The van der Waals surface area contributed by atoms with Crippen LogP contribution in [0.4, 0.5) is 0 Å². The maximum absolute atomic E-state index is 10.5. The minimum Gasteiger partial charge on any atom is -0.481 e. The zero-order valence-corrected chi connectivity index (χ0v) is 6.30. The predicted octanol–water partition coefficient (Wildman–Crippen LogP) is -0.600. The molecular formula is C7H10O5. The van der Waals surface area contributed by atoms with Gasteiger partial charge in [0.05, 0.1) is 11.8 Å². The summed E-state index contributed by atoms with van der Waals surface area (Å²) in [6.45, 7) is -0.249. The molecule has 0 aromatic heterocycles. The summed E-state index contributed by atoms with van der Waals surface area (Å²) < 4.78 is 0. The van der Waals surface area contributed by atoms with Gasteiger partial charge in [-0.25, -0.2) is 0 Å². The molecule has 3 N–H and O–H groups in total. The zero-order chi connectivity index (χ0) is 9.30. The Morgan fingerprint density at radius 1 is 1.25 bits per heavy atom. The van der Waals surface area contributed by atoms with Crippen molar-refractivity contribution in [3.8, 4) is 0 Å². The maximum Gasteiger partial charge on any atom is 0.307 e. The van der Waals surface area contributed by atoms with Crippen molar-refractivity contribution >= 4 is 11.9 Å². The molecule has 1 saturated carbocycles. The van der Waals surface area contributed by atoms with E-state index in [1.54, 1.807) is 0 Å². The van der Waals surface area contributed by atoms with E-state index in [0.29, 0.717) is 0 Å². The average Bonchev–Trinajstić information content (AvgIpc) is 1.83. The summed E-state index contributed by atoms with van der Waals surface area (Å²) in [5, 5.41) is 25.7. The van der Waals surface area contributed by atoms with Crippen molar-refractivity contribution in [1.82, 2.24) is 0 Å². The number of aliphatic carboxylic acids is 2. The third-order valence-corrected chi connectivity index (χ3v) is 2.33. The second-order valence-electron chi connectivity index (χ2n) is 2.99. The summed E-state index contributed by atoms with van der Waals surface area (Å²) in [4.78, 5) is 20.9. The number of hydrogen-bond acceptors (Lipinski definition) is 3. The number of rotatable bonds is 3. The van der Waals surface area contributed by atoms with Crippen LogP contribution in [0, 0.1) is 17.8 Å². The summed E-state index contributed by atoms with van der Waals surface area (Å²) in [5.74, 6) is -4.34. The molecule has 0 amide bonds. The smallest absolute Gasteiger partial charge is 0.307 e. The highest BCUT2D eigenvalue weighted by Crippen LogP contribution is 2.40. The Bertz CT molecular complexity index is 212. The van der Waals surface area contributed by atoms with Gasteiger partial charge in [0.1, 0.15) is 0 Å². The molecule has 0 aromatic carbocycles. The second kappa shape index (κ2) is 3.10. The lowest BCUT2D eigenvalue weighted by Gasteiger charge is -2.38. The first-order valence-corrected chi connectivity index (χ1v) is 3.64. The van der Waals surface area contributed by atoms with Crippen molar-refractivity contribution < 1.29 is 24.9 Å². The van der Waals surface area contributed by atoms with E-state index in [2.05, 4.69) is 0 Å². The highest BCUT2D eigenvalue weighted by atomic mass is 16.4. The number of aliphatic hydroxyl groups excluding tert-OH is 1. The van der Waals surface area contributed by atoms with Gasteiger partial charge in [0, 0.05) is 6.61 Å². The first-order valence-electron chi connectivity index (χ1n) is 3.64. The first-order chi connectivity index (χ1) is 5.57. The summed E-state index contributed by atoms with van der Waals surface area (Å²) in [5.41, 5.74) is 0. The molecule has 12 heavy (non-hydrogen) atoms. The molecule has 1 rings (SSSR count). The van der Waals surface area contributed by atoms with Crippen LogP contribution in [-0.2, 0) is 9.59 Å². The Balaban J connectivity index is 2.62. The van der Waals surface area contributed by atoms with Gasteiger partial charge in [-0.15, -0.1) is 0 Å². The van der Waals surface area contributed by atoms with E-state index in [-0.39, 0.29) is 18.9 Å². The fourth-order valence-electron chi connectivity index (χ4n) is 1.57. The molecule has 1 aliphatic rings. The lowest BCUT2D eigenvalue weighted by atomic mass is 9.65. The minimum absolute atomic E-state index is 0.249. The Kier molecular flexibility index (Phi) is 2.32. The second-order valence-corrected chi connectivity index (χ2v) is 2.99. The van der Waals surface area contributed by atoms with Crippen LogP contribution in [0.1, 0.15) is 6.42 Å². The number of hydrogen-bond donors (Lipinski definition) is 3. The van der Waals surface area contributed by atoms with Gasteiger partial charge in [-0.05, 0) is 12.3 Å². The Morgan fingerprint density at radius 2 is 1.83 bits per heavy atom. The Hall–Kier alpha value is -1.10. The molecular weight excluding hydrogens is 164 g/mol. The van der Waals surface area contributed by atoms with Gasteiger partial charge in [-0.3, -0.25) is 9.59 Å². The molecule has 0 bridgehead atoms. The third kappa shape index (κ3) is 1.27. The molecule has 0 spiro atoms. The van der Waals surface area contributed by atoms with Crippen LogP contribution in [0.25, 0.3) is 0 Å². The molecule has 0 heterocycles. The highest BCUT2D eigenvalue weighted by Gasteiger charge is 2.49. The van der Waals surface area contributed by atoms with Crippen LogP contribution in [-0.4, -0.2) is 33.9 Å². The lowest BCUT2D eigenvalue weighted by molar-refractivity contribution is -0.167. The topological polar surface area (TPSA) is 94.8 Å². The number of carboxylic acid groups (broad SMARTS) is 2. The molecule has 0 radical (unpaired) electrons. The highest BCUT2D eigenvalue weighted by molar-refractivity contribution is 5.82. The van der Waals surface area contributed by atoms with Crippen molar-refractivity contribution in [1.29, 1.82) is 0 Å². The predicted molar refractivity (Wildman–Crippen MR) is 37.4 cm³/mol. The van der Waals surface area contributed by atoms with E-state index in [1.165, 1.54) is 0 Å². The fraction of sp³-hybridized carbons (Fsp3) is 0.714. The summed E-state index contributed by atoms with van der Waals surface area (Å²) >= 11 is 0. The minimum atomic E-state index is -1.13. The zero-order valence-electron chi connectivity index (χ0n) is 6.30. The molecule has 1 fully saturated rings.